The molecule has 236 valence electrons. The van der Waals surface area contributed by atoms with Crippen molar-refractivity contribution in [1.29, 1.82) is 0 Å². The summed E-state index contributed by atoms with van der Waals surface area (Å²) in [6.45, 7) is 0. The zero-order chi connectivity index (χ0) is 33.0. The van der Waals surface area contributed by atoms with Gasteiger partial charge in [-0.05, 0) is 111 Å². The van der Waals surface area contributed by atoms with E-state index in [9.17, 15) is 0 Å². The third kappa shape index (κ3) is 4.64. The molecule has 1 aliphatic rings. The van der Waals surface area contributed by atoms with Gasteiger partial charge in [0.1, 0.15) is 0 Å². The minimum Gasteiger partial charge on any atom is -0.310 e. The lowest BCUT2D eigenvalue weighted by Gasteiger charge is -2.29. The summed E-state index contributed by atoms with van der Waals surface area (Å²) in [5, 5.41) is 10.1. The molecule has 0 N–H and O–H groups in total. The second-order valence-corrected chi connectivity index (χ2v) is 13.3. The Balaban J connectivity index is 1.18. The number of hydrogen-bond donors (Lipinski definition) is 0. The monoisotopic (exact) mass is 638 g/mol. The normalized spacial score (nSPS) is 13.1. The van der Waals surface area contributed by atoms with Crippen molar-refractivity contribution in [1.82, 2.24) is 4.57 Å². The SMILES string of the molecule is C1=CCCC(c2ccccc2N(c2ccc(-n3c4ccccc4c4cc5ccccc5cc43)cc2)c2ccc3ccc4ccccc4c3c2)=C1. The van der Waals surface area contributed by atoms with E-state index in [0.29, 0.717) is 0 Å². The summed E-state index contributed by atoms with van der Waals surface area (Å²) >= 11 is 0. The van der Waals surface area contributed by atoms with Gasteiger partial charge in [-0.25, -0.2) is 0 Å². The molecule has 1 aliphatic carbocycles. The Bertz CT molecular complexity index is 2810. The van der Waals surface area contributed by atoms with Gasteiger partial charge in [0.15, 0.2) is 0 Å². The fourth-order valence-electron chi connectivity index (χ4n) is 8.01. The van der Waals surface area contributed by atoms with Crippen LogP contribution in [0.1, 0.15) is 18.4 Å². The Kier molecular flexibility index (Phi) is 6.67. The second-order valence-electron chi connectivity index (χ2n) is 13.3. The zero-order valence-corrected chi connectivity index (χ0v) is 27.6. The molecular weight excluding hydrogens is 605 g/mol. The number of para-hydroxylation sites is 2. The van der Waals surface area contributed by atoms with E-state index in [1.807, 2.05) is 0 Å². The van der Waals surface area contributed by atoms with Crippen LogP contribution >= 0.6 is 0 Å². The van der Waals surface area contributed by atoms with E-state index in [2.05, 4.69) is 191 Å². The van der Waals surface area contributed by atoms with Crippen LogP contribution in [0.4, 0.5) is 17.1 Å². The molecule has 0 spiro atoms. The van der Waals surface area contributed by atoms with Crippen molar-refractivity contribution < 1.29 is 0 Å². The van der Waals surface area contributed by atoms with Crippen LogP contribution in [0.2, 0.25) is 0 Å². The van der Waals surface area contributed by atoms with E-state index < -0.39 is 0 Å². The van der Waals surface area contributed by atoms with Gasteiger partial charge >= 0.3 is 0 Å². The Morgan fingerprint density at radius 1 is 0.460 bits per heavy atom. The van der Waals surface area contributed by atoms with Crippen LogP contribution in [0.15, 0.2) is 182 Å². The molecule has 1 heterocycles. The first-order chi connectivity index (χ1) is 24.8. The third-order valence-electron chi connectivity index (χ3n) is 10.4. The van der Waals surface area contributed by atoms with Crippen molar-refractivity contribution >= 4 is 76.8 Å². The highest BCUT2D eigenvalue weighted by molar-refractivity contribution is 6.14. The van der Waals surface area contributed by atoms with Gasteiger partial charge in [0.25, 0.3) is 0 Å². The lowest BCUT2D eigenvalue weighted by molar-refractivity contribution is 1.05. The largest absolute Gasteiger partial charge is 0.310 e. The van der Waals surface area contributed by atoms with Gasteiger partial charge in [-0.2, -0.15) is 0 Å². The summed E-state index contributed by atoms with van der Waals surface area (Å²) in [4.78, 5) is 2.44. The summed E-state index contributed by atoms with van der Waals surface area (Å²) in [5.74, 6) is 0. The van der Waals surface area contributed by atoms with Gasteiger partial charge in [0.2, 0.25) is 0 Å². The fourth-order valence-corrected chi connectivity index (χ4v) is 8.01. The van der Waals surface area contributed by atoms with Crippen LogP contribution in [0.5, 0.6) is 0 Å². The molecular formula is C48H34N2. The second kappa shape index (κ2) is 11.6. The van der Waals surface area contributed by atoms with Gasteiger partial charge in [-0.3, -0.25) is 0 Å². The number of aromatic nitrogens is 1. The van der Waals surface area contributed by atoms with Crippen LogP contribution in [-0.4, -0.2) is 4.57 Å². The predicted molar refractivity (Wildman–Crippen MR) is 214 cm³/mol. The maximum atomic E-state index is 2.44. The van der Waals surface area contributed by atoms with Crippen LogP contribution in [0.3, 0.4) is 0 Å². The van der Waals surface area contributed by atoms with Gasteiger partial charge in [0.05, 0.1) is 16.7 Å². The molecule has 1 aromatic heterocycles. The molecule has 50 heavy (non-hydrogen) atoms. The van der Waals surface area contributed by atoms with Crippen molar-refractivity contribution in [3.63, 3.8) is 0 Å². The molecule has 0 aliphatic heterocycles. The average molecular weight is 639 g/mol. The summed E-state index contributed by atoms with van der Waals surface area (Å²) in [7, 11) is 0. The standard InChI is InChI=1S/C48H34N2/c1-2-12-33(13-3-1)42-18-8-10-20-46(42)49(40-25-24-35-23-22-34-14-6-7-17-41(34)44(35)32-40)38-26-28-39(29-27-38)50-47-21-11-9-19-43(47)45-30-36-15-4-5-16-37(36)31-48(45)50/h1-2,4-12,14-32H,3,13H2. The zero-order valence-electron chi connectivity index (χ0n) is 27.6. The quantitative estimate of drug-likeness (QED) is 0.170. The van der Waals surface area contributed by atoms with Crippen molar-refractivity contribution in [2.24, 2.45) is 0 Å². The van der Waals surface area contributed by atoms with Gasteiger partial charge in [-0.1, -0.05) is 121 Å². The number of rotatable bonds is 5. The number of allylic oxidation sites excluding steroid dienone is 4. The molecule has 0 amide bonds. The minimum absolute atomic E-state index is 1.03. The average Bonchev–Trinajstić information content (AvgIpc) is 3.51. The van der Waals surface area contributed by atoms with Crippen molar-refractivity contribution in [3.8, 4) is 5.69 Å². The van der Waals surface area contributed by atoms with Crippen LogP contribution < -0.4 is 4.90 Å². The molecule has 2 heteroatoms. The van der Waals surface area contributed by atoms with E-state index in [-0.39, 0.29) is 0 Å². The summed E-state index contributed by atoms with van der Waals surface area (Å²) in [6, 6.07) is 60.2. The lowest BCUT2D eigenvalue weighted by Crippen LogP contribution is -2.12. The van der Waals surface area contributed by atoms with Crippen LogP contribution in [0.25, 0.3) is 65.4 Å². The summed E-state index contributed by atoms with van der Waals surface area (Å²) < 4.78 is 2.42. The smallest absolute Gasteiger partial charge is 0.0547 e. The van der Waals surface area contributed by atoms with Crippen LogP contribution in [-0.2, 0) is 0 Å². The number of fused-ring (bicyclic) bond motifs is 7. The van der Waals surface area contributed by atoms with E-state index in [1.165, 1.54) is 70.9 Å². The number of hydrogen-bond acceptors (Lipinski definition) is 1. The minimum atomic E-state index is 1.03. The first-order valence-corrected chi connectivity index (χ1v) is 17.5. The molecule has 0 saturated carbocycles. The maximum absolute atomic E-state index is 2.44. The van der Waals surface area contributed by atoms with Gasteiger partial charge in [-0.15, -0.1) is 0 Å². The van der Waals surface area contributed by atoms with Crippen molar-refractivity contribution in [2.75, 3.05) is 4.90 Å². The third-order valence-corrected chi connectivity index (χ3v) is 10.4. The highest BCUT2D eigenvalue weighted by Gasteiger charge is 2.20. The molecule has 0 saturated heterocycles. The Morgan fingerprint density at radius 2 is 1.12 bits per heavy atom. The van der Waals surface area contributed by atoms with E-state index in [4.69, 9.17) is 0 Å². The molecule has 0 atom stereocenters. The molecule has 0 fully saturated rings. The molecule has 2 nitrogen and oxygen atoms in total. The Morgan fingerprint density at radius 3 is 1.94 bits per heavy atom. The Hall–Kier alpha value is -6.38. The Labute approximate surface area is 291 Å². The summed E-state index contributed by atoms with van der Waals surface area (Å²) in [6.07, 6.45) is 8.83. The van der Waals surface area contributed by atoms with E-state index in [1.54, 1.807) is 0 Å². The highest BCUT2D eigenvalue weighted by atomic mass is 15.1. The predicted octanol–water partition coefficient (Wildman–Crippen LogP) is 13.4. The number of anilines is 3. The van der Waals surface area contributed by atoms with Crippen LogP contribution in [0, 0.1) is 0 Å². The number of benzene rings is 8. The number of nitrogens with zero attached hydrogens (tertiary/aromatic N) is 2. The molecule has 9 aromatic rings. The van der Waals surface area contributed by atoms with E-state index in [0.717, 1.165) is 29.9 Å². The van der Waals surface area contributed by atoms with Crippen molar-refractivity contribution in [2.45, 2.75) is 12.8 Å². The molecule has 0 bridgehead atoms. The molecule has 0 radical (unpaired) electrons. The van der Waals surface area contributed by atoms with Gasteiger partial charge < -0.3 is 9.47 Å². The molecule has 0 unspecified atom stereocenters. The van der Waals surface area contributed by atoms with Crippen molar-refractivity contribution in [3.05, 3.63) is 188 Å². The van der Waals surface area contributed by atoms with Gasteiger partial charge in [0, 0.05) is 33.4 Å². The fraction of sp³-hybridized carbons (Fsp3) is 0.0417. The molecule has 8 aromatic carbocycles. The first kappa shape index (κ1) is 28.6. The molecule has 10 rings (SSSR count). The van der Waals surface area contributed by atoms with E-state index >= 15 is 0 Å². The highest BCUT2D eigenvalue weighted by Crippen LogP contribution is 2.43. The first-order valence-electron chi connectivity index (χ1n) is 17.5. The summed E-state index contributed by atoms with van der Waals surface area (Å²) in [5.41, 5.74) is 9.67. The lowest BCUT2D eigenvalue weighted by atomic mass is 9.95. The topological polar surface area (TPSA) is 8.17 Å². The maximum Gasteiger partial charge on any atom is 0.0547 e.